The van der Waals surface area contributed by atoms with Crippen molar-refractivity contribution < 1.29 is 14.6 Å². The monoisotopic (exact) mass is 388 g/mol. The van der Waals surface area contributed by atoms with E-state index in [1.165, 1.54) is 0 Å². The number of carbonyl (C=O) groups excluding carboxylic acids is 1. The Labute approximate surface area is 157 Å². The minimum Gasteiger partial charge on any atom is -0.361 e. The van der Waals surface area contributed by atoms with Gasteiger partial charge < -0.3 is 10.3 Å². The van der Waals surface area contributed by atoms with Gasteiger partial charge in [-0.05, 0) is 30.2 Å². The molecule has 1 aromatic heterocycles. The first-order valence-electron chi connectivity index (χ1n) is 7.83. The molecule has 1 heterocycles. The third-order valence-corrected chi connectivity index (χ3v) is 4.23. The number of hydrogen-bond donors (Lipinski definition) is 2. The molecule has 0 atom stereocenters. The number of H-pyrrole nitrogens is 1. The van der Waals surface area contributed by atoms with E-state index in [2.05, 4.69) is 10.3 Å². The van der Waals surface area contributed by atoms with Gasteiger partial charge in [-0.25, -0.2) is 0 Å². The number of aromatic nitrogens is 1. The molecule has 3 rings (SSSR count). The van der Waals surface area contributed by atoms with Crippen molar-refractivity contribution in [3.8, 4) is 0 Å². The summed E-state index contributed by atoms with van der Waals surface area (Å²) in [6.07, 6.45) is 2.30. The van der Waals surface area contributed by atoms with Crippen molar-refractivity contribution in [3.63, 3.8) is 0 Å². The fourth-order valence-electron chi connectivity index (χ4n) is 2.71. The van der Waals surface area contributed by atoms with E-state index in [1.807, 2.05) is 18.3 Å². The van der Waals surface area contributed by atoms with Crippen molar-refractivity contribution in [1.29, 1.82) is 0 Å². The Balaban J connectivity index is 1.73. The van der Waals surface area contributed by atoms with Gasteiger partial charge >= 0.3 is 0 Å². The number of amides is 1. The molecular weight excluding hydrogens is 376 g/mol. The molecule has 3 aromatic rings. The second-order valence-corrected chi connectivity index (χ2v) is 6.20. The molecule has 9 nitrogen and oxygen atoms in total. The van der Waals surface area contributed by atoms with Crippen LogP contribution >= 0.6 is 11.6 Å². The lowest BCUT2D eigenvalue weighted by molar-refractivity contribution is -0.394. The van der Waals surface area contributed by atoms with Crippen LogP contribution in [-0.2, 0) is 6.42 Å². The largest absolute Gasteiger partial charge is 0.361 e. The molecule has 0 saturated heterocycles. The standard InChI is InChI=1S/C17H13ClN4O5/c18-12-1-2-16-15(7-12)10(9-20-16)3-4-19-17(23)11-5-13(21(24)25)8-14(6-11)22(26)27/h1-2,5-9,20H,3-4H2,(H,19,23). The molecule has 1 amide bonds. The highest BCUT2D eigenvalue weighted by atomic mass is 35.5. The lowest BCUT2D eigenvalue weighted by Gasteiger charge is -2.05. The van der Waals surface area contributed by atoms with Crippen LogP contribution in [0.15, 0.2) is 42.6 Å². The van der Waals surface area contributed by atoms with E-state index in [-0.39, 0.29) is 12.1 Å². The Morgan fingerprint density at radius 3 is 2.37 bits per heavy atom. The van der Waals surface area contributed by atoms with Crippen molar-refractivity contribution >= 4 is 39.8 Å². The summed E-state index contributed by atoms with van der Waals surface area (Å²) in [7, 11) is 0. The summed E-state index contributed by atoms with van der Waals surface area (Å²) in [6.45, 7) is 0.245. The second-order valence-electron chi connectivity index (χ2n) is 5.76. The van der Waals surface area contributed by atoms with Gasteiger partial charge in [0.1, 0.15) is 0 Å². The van der Waals surface area contributed by atoms with E-state index in [0.717, 1.165) is 34.7 Å². The molecule has 0 unspecified atom stereocenters. The average Bonchev–Trinajstić information content (AvgIpc) is 3.03. The number of nitro groups is 2. The zero-order valence-electron chi connectivity index (χ0n) is 13.8. The quantitative estimate of drug-likeness (QED) is 0.491. The zero-order chi connectivity index (χ0) is 19.6. The van der Waals surface area contributed by atoms with Crippen molar-refractivity contribution in [2.75, 3.05) is 6.54 Å². The summed E-state index contributed by atoms with van der Waals surface area (Å²) in [5.41, 5.74) is 0.687. The molecule has 0 saturated carbocycles. The number of non-ortho nitro benzene ring substituents is 2. The maximum atomic E-state index is 12.3. The smallest absolute Gasteiger partial charge is 0.277 e. The van der Waals surface area contributed by atoms with Crippen LogP contribution in [0.25, 0.3) is 10.9 Å². The van der Waals surface area contributed by atoms with Gasteiger partial charge in [0.15, 0.2) is 0 Å². The minimum absolute atomic E-state index is 0.141. The van der Waals surface area contributed by atoms with Crippen molar-refractivity contribution in [2.45, 2.75) is 6.42 Å². The van der Waals surface area contributed by atoms with Crippen LogP contribution in [0.3, 0.4) is 0 Å². The molecule has 0 spiro atoms. The van der Waals surface area contributed by atoms with E-state index in [9.17, 15) is 25.0 Å². The molecule has 2 aromatic carbocycles. The highest BCUT2D eigenvalue weighted by Crippen LogP contribution is 2.24. The highest BCUT2D eigenvalue weighted by Gasteiger charge is 2.19. The van der Waals surface area contributed by atoms with Gasteiger partial charge in [-0.15, -0.1) is 0 Å². The summed E-state index contributed by atoms with van der Waals surface area (Å²) >= 11 is 6.00. The highest BCUT2D eigenvalue weighted by molar-refractivity contribution is 6.31. The molecule has 27 heavy (non-hydrogen) atoms. The second kappa shape index (κ2) is 7.42. The van der Waals surface area contributed by atoms with Crippen LogP contribution in [0.1, 0.15) is 15.9 Å². The molecule has 0 aliphatic carbocycles. The van der Waals surface area contributed by atoms with E-state index in [1.54, 1.807) is 6.07 Å². The van der Waals surface area contributed by atoms with Crippen LogP contribution in [-0.4, -0.2) is 27.3 Å². The molecule has 0 bridgehead atoms. The number of nitrogens with zero attached hydrogens (tertiary/aromatic N) is 2. The number of nitrogens with one attached hydrogen (secondary N) is 2. The Kier molecular flexibility index (Phi) is 5.04. The number of aromatic amines is 1. The van der Waals surface area contributed by atoms with Crippen LogP contribution in [0.4, 0.5) is 11.4 Å². The number of nitro benzene ring substituents is 2. The first-order chi connectivity index (χ1) is 12.8. The van der Waals surface area contributed by atoms with Crippen molar-refractivity contribution in [3.05, 3.63) is 79.0 Å². The maximum absolute atomic E-state index is 12.3. The third-order valence-electron chi connectivity index (χ3n) is 4.00. The van der Waals surface area contributed by atoms with E-state index >= 15 is 0 Å². The summed E-state index contributed by atoms with van der Waals surface area (Å²) < 4.78 is 0. The fourth-order valence-corrected chi connectivity index (χ4v) is 2.88. The van der Waals surface area contributed by atoms with Gasteiger partial charge in [0.05, 0.1) is 21.5 Å². The van der Waals surface area contributed by atoms with Gasteiger partial charge in [0.2, 0.25) is 0 Å². The number of rotatable bonds is 6. The first-order valence-corrected chi connectivity index (χ1v) is 8.20. The van der Waals surface area contributed by atoms with Gasteiger partial charge in [-0.2, -0.15) is 0 Å². The molecule has 0 radical (unpaired) electrons. The predicted molar refractivity (Wildman–Crippen MR) is 99.1 cm³/mol. The number of benzene rings is 2. The average molecular weight is 389 g/mol. The Morgan fingerprint density at radius 1 is 1.07 bits per heavy atom. The van der Waals surface area contributed by atoms with Crippen LogP contribution < -0.4 is 5.32 Å². The summed E-state index contributed by atoms with van der Waals surface area (Å²) in [6, 6.07) is 8.26. The lowest BCUT2D eigenvalue weighted by atomic mass is 10.1. The number of hydrogen-bond acceptors (Lipinski definition) is 5. The van der Waals surface area contributed by atoms with Crippen LogP contribution in [0, 0.1) is 20.2 Å². The van der Waals surface area contributed by atoms with Crippen molar-refractivity contribution in [2.24, 2.45) is 0 Å². The normalized spacial score (nSPS) is 10.7. The molecule has 0 aliphatic heterocycles. The van der Waals surface area contributed by atoms with Gasteiger partial charge in [0, 0.05) is 40.8 Å². The number of carbonyl (C=O) groups is 1. The first kappa shape index (κ1) is 18.3. The Morgan fingerprint density at radius 2 is 1.74 bits per heavy atom. The fraction of sp³-hybridized carbons (Fsp3) is 0.118. The molecule has 138 valence electrons. The molecule has 2 N–H and O–H groups in total. The molecule has 0 aliphatic rings. The zero-order valence-corrected chi connectivity index (χ0v) is 14.5. The summed E-state index contributed by atoms with van der Waals surface area (Å²) in [5.74, 6) is -0.625. The van der Waals surface area contributed by atoms with Crippen molar-refractivity contribution in [1.82, 2.24) is 10.3 Å². The van der Waals surface area contributed by atoms with Crippen LogP contribution in [0.2, 0.25) is 5.02 Å². The number of fused-ring (bicyclic) bond motifs is 1. The SMILES string of the molecule is O=C(NCCc1c[nH]c2ccc(Cl)cc12)c1cc([N+](=O)[O-])cc([N+](=O)[O-])c1. The van der Waals surface area contributed by atoms with E-state index < -0.39 is 27.1 Å². The molecule has 10 heteroatoms. The van der Waals surface area contributed by atoms with Gasteiger partial charge in [-0.3, -0.25) is 25.0 Å². The molecule has 0 fully saturated rings. The van der Waals surface area contributed by atoms with Gasteiger partial charge in [0.25, 0.3) is 17.3 Å². The Hall–Kier alpha value is -3.46. The van der Waals surface area contributed by atoms with E-state index in [0.29, 0.717) is 11.4 Å². The lowest BCUT2D eigenvalue weighted by Crippen LogP contribution is -2.25. The maximum Gasteiger partial charge on any atom is 0.277 e. The van der Waals surface area contributed by atoms with Crippen LogP contribution in [0.5, 0.6) is 0 Å². The topological polar surface area (TPSA) is 131 Å². The number of halogens is 1. The predicted octanol–water partition coefficient (Wildman–Crippen LogP) is 3.61. The molecular formula is C17H13ClN4O5. The van der Waals surface area contributed by atoms with Gasteiger partial charge in [-0.1, -0.05) is 11.6 Å². The minimum atomic E-state index is -0.778. The Bertz CT molecular complexity index is 1030. The summed E-state index contributed by atoms with van der Waals surface area (Å²) in [5, 5.41) is 26.0. The van der Waals surface area contributed by atoms with E-state index in [4.69, 9.17) is 11.6 Å². The third kappa shape index (κ3) is 4.04. The summed E-state index contributed by atoms with van der Waals surface area (Å²) in [4.78, 5) is 35.6.